The van der Waals surface area contributed by atoms with Crippen molar-refractivity contribution in [3.63, 3.8) is 0 Å². The van der Waals surface area contributed by atoms with E-state index in [-0.39, 0.29) is 0 Å². The van der Waals surface area contributed by atoms with E-state index in [0.717, 1.165) is 29.7 Å². The van der Waals surface area contributed by atoms with Crippen molar-refractivity contribution < 1.29 is 0 Å². The number of hydrogen-bond donors (Lipinski definition) is 1. The van der Waals surface area contributed by atoms with Gasteiger partial charge in [-0.3, -0.25) is 0 Å². The molecule has 0 aliphatic heterocycles. The standard InChI is InChI=1S/C16H23NS/c1-10(16-6-3-7-18-16)17-15-9-11-8-14(15)13-5-2-4-12(11)13/h3,6-7,10-15,17H,2,4-5,8-9H2,1H3. The maximum atomic E-state index is 3.94. The Kier molecular flexibility index (Phi) is 2.77. The van der Waals surface area contributed by atoms with Crippen LogP contribution in [0.2, 0.25) is 0 Å². The molecule has 0 saturated heterocycles. The molecule has 0 amide bonds. The summed E-state index contributed by atoms with van der Waals surface area (Å²) in [6.45, 7) is 2.34. The fourth-order valence-electron chi connectivity index (χ4n) is 5.20. The largest absolute Gasteiger partial charge is 0.306 e. The third-order valence-corrected chi connectivity index (χ3v) is 6.92. The van der Waals surface area contributed by atoms with Gasteiger partial charge < -0.3 is 5.32 Å². The minimum absolute atomic E-state index is 0.550. The Morgan fingerprint density at radius 3 is 2.94 bits per heavy atom. The Labute approximate surface area is 114 Å². The minimum Gasteiger partial charge on any atom is -0.306 e. The number of nitrogens with one attached hydrogen (secondary N) is 1. The van der Waals surface area contributed by atoms with Crippen LogP contribution in [-0.2, 0) is 0 Å². The molecule has 3 aliphatic carbocycles. The van der Waals surface area contributed by atoms with Crippen LogP contribution >= 0.6 is 11.3 Å². The summed E-state index contributed by atoms with van der Waals surface area (Å²) < 4.78 is 0. The zero-order chi connectivity index (χ0) is 12.1. The summed E-state index contributed by atoms with van der Waals surface area (Å²) in [4.78, 5) is 1.50. The van der Waals surface area contributed by atoms with E-state index in [2.05, 4.69) is 29.8 Å². The number of rotatable bonds is 3. The SMILES string of the molecule is CC(NC1CC2CC1C1CCCC21)c1cccs1. The molecule has 6 unspecified atom stereocenters. The molecular weight excluding hydrogens is 238 g/mol. The molecule has 1 nitrogen and oxygen atoms in total. The Morgan fingerprint density at radius 1 is 1.22 bits per heavy atom. The molecule has 0 spiro atoms. The quantitative estimate of drug-likeness (QED) is 0.859. The van der Waals surface area contributed by atoms with Crippen molar-refractivity contribution in [3.8, 4) is 0 Å². The average Bonchev–Trinajstić information content (AvgIpc) is 3.11. The molecule has 0 radical (unpaired) electrons. The molecule has 98 valence electrons. The summed E-state index contributed by atoms with van der Waals surface area (Å²) in [5.74, 6) is 4.27. The first-order valence-electron chi connectivity index (χ1n) is 7.62. The lowest BCUT2D eigenvalue weighted by atomic mass is 9.79. The summed E-state index contributed by atoms with van der Waals surface area (Å²) in [6, 6.07) is 5.81. The van der Waals surface area contributed by atoms with E-state index in [0.29, 0.717) is 6.04 Å². The monoisotopic (exact) mass is 261 g/mol. The van der Waals surface area contributed by atoms with Crippen molar-refractivity contribution in [1.29, 1.82) is 0 Å². The van der Waals surface area contributed by atoms with Gasteiger partial charge in [0, 0.05) is 17.0 Å². The summed E-state index contributed by atoms with van der Waals surface area (Å²) in [7, 11) is 0. The van der Waals surface area contributed by atoms with Crippen LogP contribution in [0.1, 0.15) is 49.9 Å². The second-order valence-electron chi connectivity index (χ2n) is 6.66. The molecular formula is C16H23NS. The first-order chi connectivity index (χ1) is 8.83. The molecule has 4 rings (SSSR count). The van der Waals surface area contributed by atoms with E-state index in [1.54, 1.807) is 6.42 Å². The Hall–Kier alpha value is -0.340. The van der Waals surface area contributed by atoms with Crippen molar-refractivity contribution in [2.24, 2.45) is 23.7 Å². The van der Waals surface area contributed by atoms with Crippen molar-refractivity contribution in [2.45, 2.75) is 51.1 Å². The molecule has 0 aromatic carbocycles. The minimum atomic E-state index is 0.550. The molecule has 1 aromatic heterocycles. The Morgan fingerprint density at radius 2 is 2.11 bits per heavy atom. The number of fused-ring (bicyclic) bond motifs is 5. The molecule has 1 heterocycles. The zero-order valence-corrected chi connectivity index (χ0v) is 12.0. The van der Waals surface area contributed by atoms with Crippen molar-refractivity contribution in [1.82, 2.24) is 5.32 Å². The zero-order valence-electron chi connectivity index (χ0n) is 11.1. The van der Waals surface area contributed by atoms with Crippen LogP contribution in [-0.4, -0.2) is 6.04 Å². The molecule has 3 aliphatic rings. The van der Waals surface area contributed by atoms with Crippen molar-refractivity contribution in [3.05, 3.63) is 22.4 Å². The molecule has 2 heteroatoms. The van der Waals surface area contributed by atoms with Gasteiger partial charge in [-0.15, -0.1) is 11.3 Å². The first kappa shape index (κ1) is 11.5. The lowest BCUT2D eigenvalue weighted by Crippen LogP contribution is -2.40. The van der Waals surface area contributed by atoms with E-state index in [1.807, 2.05) is 11.3 Å². The fourth-order valence-corrected chi connectivity index (χ4v) is 5.94. The molecule has 3 saturated carbocycles. The van der Waals surface area contributed by atoms with Gasteiger partial charge in [0.05, 0.1) is 0 Å². The molecule has 1 aromatic rings. The average molecular weight is 261 g/mol. The van der Waals surface area contributed by atoms with Gasteiger partial charge >= 0.3 is 0 Å². The second-order valence-corrected chi connectivity index (χ2v) is 7.64. The van der Waals surface area contributed by atoms with E-state index in [4.69, 9.17) is 0 Å². The smallest absolute Gasteiger partial charge is 0.0388 e. The number of hydrogen-bond acceptors (Lipinski definition) is 2. The highest BCUT2D eigenvalue weighted by atomic mass is 32.1. The summed E-state index contributed by atoms with van der Waals surface area (Å²) in [5.41, 5.74) is 0. The normalized spacial score (nSPS) is 43.3. The predicted octanol–water partition coefficient (Wildman–Crippen LogP) is 4.22. The van der Waals surface area contributed by atoms with Crippen LogP contribution in [0.3, 0.4) is 0 Å². The highest BCUT2D eigenvalue weighted by Gasteiger charge is 2.53. The van der Waals surface area contributed by atoms with Crippen molar-refractivity contribution >= 4 is 11.3 Å². The lowest BCUT2D eigenvalue weighted by molar-refractivity contribution is 0.200. The second kappa shape index (κ2) is 4.35. The predicted molar refractivity (Wildman–Crippen MR) is 76.7 cm³/mol. The van der Waals surface area contributed by atoms with Crippen LogP contribution in [0, 0.1) is 23.7 Å². The highest BCUT2D eigenvalue weighted by Crippen LogP contribution is 2.58. The van der Waals surface area contributed by atoms with E-state index >= 15 is 0 Å². The molecule has 3 fully saturated rings. The summed E-state index contributed by atoms with van der Waals surface area (Å²) in [5, 5.41) is 6.13. The van der Waals surface area contributed by atoms with Gasteiger partial charge in [0.1, 0.15) is 0 Å². The molecule has 18 heavy (non-hydrogen) atoms. The van der Waals surface area contributed by atoms with Crippen LogP contribution in [0.5, 0.6) is 0 Å². The number of thiophene rings is 1. The summed E-state index contributed by atoms with van der Waals surface area (Å²) >= 11 is 1.89. The maximum Gasteiger partial charge on any atom is 0.0388 e. The van der Waals surface area contributed by atoms with E-state index < -0.39 is 0 Å². The van der Waals surface area contributed by atoms with Gasteiger partial charge in [-0.25, -0.2) is 0 Å². The van der Waals surface area contributed by atoms with Crippen molar-refractivity contribution in [2.75, 3.05) is 0 Å². The third kappa shape index (κ3) is 1.69. The van der Waals surface area contributed by atoms with E-state index in [1.165, 1.54) is 30.6 Å². The molecule has 6 atom stereocenters. The van der Waals surface area contributed by atoms with Crippen LogP contribution in [0.4, 0.5) is 0 Å². The van der Waals surface area contributed by atoms with Crippen LogP contribution in [0.25, 0.3) is 0 Å². The molecule has 1 N–H and O–H groups in total. The van der Waals surface area contributed by atoms with Crippen LogP contribution < -0.4 is 5.32 Å². The molecule has 2 bridgehead atoms. The lowest BCUT2D eigenvalue weighted by Gasteiger charge is -2.33. The Bertz CT molecular complexity index is 413. The van der Waals surface area contributed by atoms with Gasteiger partial charge in [0.2, 0.25) is 0 Å². The first-order valence-corrected chi connectivity index (χ1v) is 8.50. The van der Waals surface area contributed by atoms with Gasteiger partial charge in [0.25, 0.3) is 0 Å². The third-order valence-electron chi connectivity index (χ3n) is 5.86. The van der Waals surface area contributed by atoms with Crippen LogP contribution in [0.15, 0.2) is 17.5 Å². The van der Waals surface area contributed by atoms with Gasteiger partial charge in [0.15, 0.2) is 0 Å². The van der Waals surface area contributed by atoms with E-state index in [9.17, 15) is 0 Å². The van der Waals surface area contributed by atoms with Gasteiger partial charge in [-0.1, -0.05) is 12.5 Å². The fraction of sp³-hybridized carbons (Fsp3) is 0.750. The highest BCUT2D eigenvalue weighted by molar-refractivity contribution is 7.10. The van der Waals surface area contributed by atoms with Gasteiger partial charge in [-0.2, -0.15) is 0 Å². The van der Waals surface area contributed by atoms with Gasteiger partial charge in [-0.05, 0) is 67.7 Å². The topological polar surface area (TPSA) is 12.0 Å². The summed E-state index contributed by atoms with van der Waals surface area (Å²) in [6.07, 6.45) is 7.57. The Balaban J connectivity index is 1.45. The maximum absolute atomic E-state index is 3.94.